The van der Waals surface area contributed by atoms with Gasteiger partial charge >= 0.3 is 0 Å². The van der Waals surface area contributed by atoms with Crippen molar-refractivity contribution < 1.29 is 0 Å². The Morgan fingerprint density at radius 3 is 0.789 bits per heavy atom. The molecule has 0 fully saturated rings. The number of thioether (sulfide) groups is 8. The smallest absolute Gasteiger partial charge is 0.0717 e. The summed E-state index contributed by atoms with van der Waals surface area (Å²) in [6.07, 6.45) is 21.8. The third kappa shape index (κ3) is 15.5. The molecule has 220 valence electrons. The highest BCUT2D eigenvalue weighted by Gasteiger charge is 2.30. The van der Waals surface area contributed by atoms with Gasteiger partial charge in [0.1, 0.15) is 0 Å². The van der Waals surface area contributed by atoms with E-state index in [0.29, 0.717) is 0 Å². The van der Waals surface area contributed by atoms with Crippen LogP contribution in [0.5, 0.6) is 0 Å². The van der Waals surface area contributed by atoms with Crippen molar-refractivity contribution in [3.63, 3.8) is 0 Å². The van der Waals surface area contributed by atoms with Crippen LogP contribution in [-0.4, -0.2) is 23.0 Å². The van der Waals surface area contributed by atoms with Gasteiger partial charge in [-0.2, -0.15) is 0 Å². The minimum Gasteiger partial charge on any atom is -0.117 e. The first-order valence-electron chi connectivity index (χ1n) is 15.2. The van der Waals surface area contributed by atoms with Crippen LogP contribution >= 0.6 is 94.1 Å². The molecule has 0 unspecified atom stereocenters. The molecule has 0 bridgehead atoms. The Kier molecular flexibility index (Phi) is 23.3. The van der Waals surface area contributed by atoms with Crippen LogP contribution in [0.4, 0.5) is 0 Å². The quantitative estimate of drug-likeness (QED) is 0.0920. The van der Waals surface area contributed by atoms with Crippen molar-refractivity contribution in [3.05, 3.63) is 25.4 Å². The molecule has 0 saturated heterocycles. The van der Waals surface area contributed by atoms with Gasteiger partial charge in [0.05, 0.1) is 25.4 Å². The molecule has 38 heavy (non-hydrogen) atoms. The summed E-state index contributed by atoms with van der Waals surface area (Å²) >= 11 is 17.0. The van der Waals surface area contributed by atoms with E-state index in [4.69, 9.17) is 0 Å². The average molecular weight is 669 g/mol. The van der Waals surface area contributed by atoms with Crippen LogP contribution < -0.4 is 0 Å². The summed E-state index contributed by atoms with van der Waals surface area (Å²) in [6.45, 7) is 9.24. The van der Waals surface area contributed by atoms with Crippen molar-refractivity contribution in [2.75, 3.05) is 23.0 Å². The molecular formula is C30H52S8. The van der Waals surface area contributed by atoms with Gasteiger partial charge in [0.2, 0.25) is 0 Å². The molecule has 0 N–H and O–H groups in total. The molecule has 2 heterocycles. The second kappa shape index (κ2) is 24.5. The van der Waals surface area contributed by atoms with E-state index in [-0.39, 0.29) is 0 Å². The maximum Gasteiger partial charge on any atom is 0.0717 e. The van der Waals surface area contributed by atoms with Crippen molar-refractivity contribution in [3.8, 4) is 0 Å². The van der Waals surface area contributed by atoms with Crippen molar-refractivity contribution in [1.29, 1.82) is 0 Å². The fraction of sp³-hybridized carbons (Fsp3) is 0.800. The van der Waals surface area contributed by atoms with Crippen LogP contribution in [0.15, 0.2) is 25.4 Å². The number of hydrogen-bond donors (Lipinski definition) is 0. The van der Waals surface area contributed by atoms with Gasteiger partial charge < -0.3 is 0 Å². The number of unbranched alkanes of at least 4 members (excludes halogenated alkanes) is 12. The summed E-state index contributed by atoms with van der Waals surface area (Å²) in [5, 5.41) is 0. The van der Waals surface area contributed by atoms with Crippen LogP contribution in [0, 0.1) is 0 Å². The lowest BCUT2D eigenvalue weighted by atomic mass is 10.2. The van der Waals surface area contributed by atoms with Gasteiger partial charge in [-0.25, -0.2) is 0 Å². The number of rotatable bonds is 24. The minimum atomic E-state index is 1.28. The molecule has 0 spiro atoms. The number of hydrogen-bond acceptors (Lipinski definition) is 8. The molecule has 0 aromatic heterocycles. The van der Waals surface area contributed by atoms with E-state index < -0.39 is 0 Å². The van der Waals surface area contributed by atoms with Crippen LogP contribution in [-0.2, 0) is 0 Å². The molecule has 0 amide bonds. The first-order chi connectivity index (χ1) is 18.7. The van der Waals surface area contributed by atoms with E-state index in [1.54, 1.807) is 25.4 Å². The largest absolute Gasteiger partial charge is 0.117 e. The standard InChI is InChI=1S/C30H52S8/c1-5-9-13-17-21-31-25-26(32-22-18-14-10-6-2)36-29(35-25)30-37-27(33-23-19-15-11-7-3)28(38-30)34-24-20-16-12-8-4/h5-24H2,1-4H3. The topological polar surface area (TPSA) is 0 Å². The fourth-order valence-electron chi connectivity index (χ4n) is 3.84. The molecule has 0 aromatic rings. The van der Waals surface area contributed by atoms with E-state index >= 15 is 0 Å². The fourth-order valence-corrected chi connectivity index (χ4v) is 16.1. The van der Waals surface area contributed by atoms with Gasteiger partial charge in [-0.15, -0.1) is 47.0 Å². The molecule has 0 nitrogen and oxygen atoms in total. The van der Waals surface area contributed by atoms with Gasteiger partial charge in [0.15, 0.2) is 0 Å². The lowest BCUT2D eigenvalue weighted by Crippen LogP contribution is -1.83. The lowest BCUT2D eigenvalue weighted by Gasteiger charge is -2.05. The Balaban J connectivity index is 2.00. The monoisotopic (exact) mass is 668 g/mol. The predicted octanol–water partition coefficient (Wildman–Crippen LogP) is 14.6. The Morgan fingerprint density at radius 2 is 0.579 bits per heavy atom. The van der Waals surface area contributed by atoms with E-state index in [0.717, 1.165) is 0 Å². The first kappa shape index (κ1) is 36.2. The summed E-state index contributed by atoms with van der Waals surface area (Å²) in [7, 11) is 0. The second-order valence-electron chi connectivity index (χ2n) is 9.77. The van der Waals surface area contributed by atoms with Crippen LogP contribution in [0.1, 0.15) is 130 Å². The Bertz CT molecular complexity index is 612. The van der Waals surface area contributed by atoms with Crippen molar-refractivity contribution in [2.45, 2.75) is 130 Å². The zero-order valence-corrected chi connectivity index (χ0v) is 30.9. The van der Waals surface area contributed by atoms with Crippen molar-refractivity contribution in [1.82, 2.24) is 0 Å². The maximum absolute atomic E-state index is 2.31. The van der Waals surface area contributed by atoms with Crippen LogP contribution in [0.2, 0.25) is 0 Å². The summed E-state index contributed by atoms with van der Waals surface area (Å²) in [6, 6.07) is 0. The summed E-state index contributed by atoms with van der Waals surface area (Å²) in [5.74, 6) is 5.12. The molecule has 0 saturated carbocycles. The second-order valence-corrected chi connectivity index (χ2v) is 19.8. The third-order valence-corrected chi connectivity index (χ3v) is 18.1. The molecule has 0 atom stereocenters. The Labute approximate surface area is 270 Å². The van der Waals surface area contributed by atoms with Crippen LogP contribution in [0.25, 0.3) is 0 Å². The zero-order chi connectivity index (χ0) is 27.3. The average Bonchev–Trinajstić information content (AvgIpc) is 3.52. The van der Waals surface area contributed by atoms with Gasteiger partial charge in [0, 0.05) is 0 Å². The van der Waals surface area contributed by atoms with E-state index in [1.807, 2.05) is 0 Å². The third-order valence-electron chi connectivity index (χ3n) is 6.17. The molecule has 0 radical (unpaired) electrons. The van der Waals surface area contributed by atoms with E-state index in [1.165, 1.54) is 126 Å². The molecule has 0 aromatic carbocycles. The molecule has 0 aliphatic carbocycles. The molecule has 2 aliphatic rings. The maximum atomic E-state index is 2.31. The molecule has 2 rings (SSSR count). The lowest BCUT2D eigenvalue weighted by molar-refractivity contribution is 0.707. The minimum absolute atomic E-state index is 1.28. The highest BCUT2D eigenvalue weighted by molar-refractivity contribution is 8.45. The summed E-state index contributed by atoms with van der Waals surface area (Å²) in [5.41, 5.74) is 0. The van der Waals surface area contributed by atoms with E-state index in [2.05, 4.69) is 122 Å². The Morgan fingerprint density at radius 1 is 0.342 bits per heavy atom. The summed E-state index contributed by atoms with van der Waals surface area (Å²) < 4.78 is 9.54. The zero-order valence-electron chi connectivity index (χ0n) is 24.4. The summed E-state index contributed by atoms with van der Waals surface area (Å²) in [4.78, 5) is 0. The highest BCUT2D eigenvalue weighted by atomic mass is 32.3. The van der Waals surface area contributed by atoms with Crippen molar-refractivity contribution in [2.24, 2.45) is 0 Å². The van der Waals surface area contributed by atoms with Gasteiger partial charge in [-0.3, -0.25) is 0 Å². The molecule has 2 aliphatic heterocycles. The van der Waals surface area contributed by atoms with E-state index in [9.17, 15) is 0 Å². The highest BCUT2D eigenvalue weighted by Crippen LogP contribution is 2.66. The van der Waals surface area contributed by atoms with Gasteiger partial charge in [-0.1, -0.05) is 152 Å². The molecule has 8 heteroatoms. The van der Waals surface area contributed by atoms with Gasteiger partial charge in [-0.05, 0) is 48.7 Å². The molecular weight excluding hydrogens is 617 g/mol. The normalized spacial score (nSPS) is 16.1. The van der Waals surface area contributed by atoms with Gasteiger partial charge in [0.25, 0.3) is 0 Å². The Hall–Kier alpha value is 2.02. The predicted molar refractivity (Wildman–Crippen MR) is 198 cm³/mol. The van der Waals surface area contributed by atoms with Crippen molar-refractivity contribution >= 4 is 94.1 Å². The van der Waals surface area contributed by atoms with Crippen LogP contribution in [0.3, 0.4) is 0 Å². The SMILES string of the molecule is CCCCCCSC1=C(SCCCCCC)SC(=C2SC(SCCCCCC)=C(SCCCCCC)S2)S1. The first-order valence-corrected chi connectivity index (χ1v) is 22.4.